The third-order valence-corrected chi connectivity index (χ3v) is 2.91. The monoisotopic (exact) mass is 232 g/mol. The maximum Gasteiger partial charge on any atom is 0.331 e. The summed E-state index contributed by atoms with van der Waals surface area (Å²) in [6.07, 6.45) is 3.46. The Morgan fingerprint density at radius 3 is 2.94 bits per heavy atom. The van der Waals surface area contributed by atoms with Crippen LogP contribution in [-0.2, 0) is 16.0 Å². The van der Waals surface area contributed by atoms with Gasteiger partial charge in [0.15, 0.2) is 0 Å². The van der Waals surface area contributed by atoms with E-state index in [1.54, 1.807) is 13.2 Å². The first-order chi connectivity index (χ1) is 8.24. The van der Waals surface area contributed by atoms with Gasteiger partial charge in [0, 0.05) is 6.08 Å². The number of allylic oxidation sites excluding steroid dienone is 1. The van der Waals surface area contributed by atoms with Crippen molar-refractivity contribution in [1.29, 1.82) is 0 Å². The minimum atomic E-state index is -0.266. The quantitative estimate of drug-likeness (QED) is 0.593. The van der Waals surface area contributed by atoms with Crippen molar-refractivity contribution in [3.05, 3.63) is 35.4 Å². The highest BCUT2D eigenvalue weighted by atomic mass is 16.5. The Kier molecular flexibility index (Phi) is 3.47. The first-order valence-corrected chi connectivity index (χ1v) is 5.79. The topological polar surface area (TPSA) is 35.5 Å². The molecule has 17 heavy (non-hydrogen) atoms. The van der Waals surface area contributed by atoms with Gasteiger partial charge in [-0.25, -0.2) is 4.79 Å². The number of fused-ring (bicyclic) bond motifs is 1. The summed E-state index contributed by atoms with van der Waals surface area (Å²) >= 11 is 0. The van der Waals surface area contributed by atoms with Gasteiger partial charge in [-0.3, -0.25) is 0 Å². The SMILES string of the molecule is CCOC(=O)/C=C1/CCc2ccc(OC)cc21. The van der Waals surface area contributed by atoms with E-state index in [9.17, 15) is 4.79 Å². The van der Waals surface area contributed by atoms with Crippen molar-refractivity contribution in [1.82, 2.24) is 0 Å². The van der Waals surface area contributed by atoms with Crippen LogP contribution >= 0.6 is 0 Å². The fraction of sp³-hybridized carbons (Fsp3) is 0.357. The zero-order valence-corrected chi connectivity index (χ0v) is 10.2. The van der Waals surface area contributed by atoms with E-state index in [1.165, 1.54) is 5.56 Å². The molecule has 0 radical (unpaired) electrons. The molecule has 0 N–H and O–H groups in total. The second-order valence-electron chi connectivity index (χ2n) is 3.94. The fourth-order valence-electron chi connectivity index (χ4n) is 2.08. The molecule has 1 aliphatic carbocycles. The number of carbonyl (C=O) groups is 1. The van der Waals surface area contributed by atoms with Crippen LogP contribution in [0.25, 0.3) is 5.57 Å². The maximum absolute atomic E-state index is 11.4. The van der Waals surface area contributed by atoms with Crippen molar-refractivity contribution in [3.8, 4) is 5.75 Å². The van der Waals surface area contributed by atoms with Crippen LogP contribution in [0.5, 0.6) is 5.75 Å². The van der Waals surface area contributed by atoms with Gasteiger partial charge in [0.1, 0.15) is 5.75 Å². The van der Waals surface area contributed by atoms with E-state index in [-0.39, 0.29) is 5.97 Å². The molecule has 0 atom stereocenters. The number of hydrogen-bond acceptors (Lipinski definition) is 3. The summed E-state index contributed by atoms with van der Waals surface area (Å²) in [6.45, 7) is 2.22. The van der Waals surface area contributed by atoms with E-state index in [1.807, 2.05) is 19.1 Å². The van der Waals surface area contributed by atoms with Gasteiger partial charge in [-0.1, -0.05) is 6.07 Å². The van der Waals surface area contributed by atoms with E-state index in [2.05, 4.69) is 6.07 Å². The Bertz CT molecular complexity index is 461. The molecule has 2 rings (SSSR count). The summed E-state index contributed by atoms with van der Waals surface area (Å²) in [5, 5.41) is 0. The predicted octanol–water partition coefficient (Wildman–Crippen LogP) is 2.59. The normalized spacial score (nSPS) is 15.8. The average molecular weight is 232 g/mol. The smallest absolute Gasteiger partial charge is 0.331 e. The molecule has 0 aliphatic heterocycles. The van der Waals surface area contributed by atoms with Gasteiger partial charge in [0.25, 0.3) is 0 Å². The molecule has 0 aromatic heterocycles. The predicted molar refractivity (Wildman–Crippen MR) is 65.9 cm³/mol. The van der Waals surface area contributed by atoms with E-state index in [0.717, 1.165) is 29.7 Å². The molecule has 0 saturated carbocycles. The van der Waals surface area contributed by atoms with Crippen molar-refractivity contribution >= 4 is 11.5 Å². The van der Waals surface area contributed by atoms with E-state index < -0.39 is 0 Å². The van der Waals surface area contributed by atoms with E-state index in [0.29, 0.717) is 6.61 Å². The van der Waals surface area contributed by atoms with Crippen LogP contribution in [0.2, 0.25) is 0 Å². The van der Waals surface area contributed by atoms with Gasteiger partial charge in [0.2, 0.25) is 0 Å². The van der Waals surface area contributed by atoms with Crippen LogP contribution in [0.1, 0.15) is 24.5 Å². The highest BCUT2D eigenvalue weighted by Crippen LogP contribution is 2.34. The van der Waals surface area contributed by atoms with Gasteiger partial charge in [-0.05, 0) is 48.6 Å². The first-order valence-electron chi connectivity index (χ1n) is 5.79. The number of esters is 1. The van der Waals surface area contributed by atoms with Crippen LogP contribution in [0.15, 0.2) is 24.3 Å². The zero-order valence-electron chi connectivity index (χ0n) is 10.2. The Labute approximate surface area is 101 Å². The Balaban J connectivity index is 2.29. The van der Waals surface area contributed by atoms with Crippen molar-refractivity contribution in [3.63, 3.8) is 0 Å². The Morgan fingerprint density at radius 2 is 2.24 bits per heavy atom. The number of methoxy groups -OCH3 is 1. The number of benzene rings is 1. The Hall–Kier alpha value is -1.77. The van der Waals surface area contributed by atoms with Gasteiger partial charge in [-0.2, -0.15) is 0 Å². The molecule has 1 aliphatic rings. The fourth-order valence-corrected chi connectivity index (χ4v) is 2.08. The number of carbonyl (C=O) groups excluding carboxylic acids is 1. The Morgan fingerprint density at radius 1 is 1.41 bits per heavy atom. The molecule has 3 heteroatoms. The third-order valence-electron chi connectivity index (χ3n) is 2.91. The highest BCUT2D eigenvalue weighted by Gasteiger charge is 2.18. The van der Waals surface area contributed by atoms with Crippen molar-refractivity contribution in [2.45, 2.75) is 19.8 Å². The van der Waals surface area contributed by atoms with Crippen molar-refractivity contribution in [2.24, 2.45) is 0 Å². The van der Waals surface area contributed by atoms with E-state index >= 15 is 0 Å². The minimum absolute atomic E-state index is 0.266. The molecule has 1 aromatic rings. The minimum Gasteiger partial charge on any atom is -0.497 e. The van der Waals surface area contributed by atoms with Crippen LogP contribution in [0.3, 0.4) is 0 Å². The van der Waals surface area contributed by atoms with Gasteiger partial charge < -0.3 is 9.47 Å². The summed E-state index contributed by atoms with van der Waals surface area (Å²) in [5.41, 5.74) is 3.41. The summed E-state index contributed by atoms with van der Waals surface area (Å²) in [5.74, 6) is 0.554. The molecule has 90 valence electrons. The molecule has 1 aromatic carbocycles. The summed E-state index contributed by atoms with van der Waals surface area (Å²) in [6, 6.07) is 5.99. The summed E-state index contributed by atoms with van der Waals surface area (Å²) in [4.78, 5) is 11.4. The molecule has 0 bridgehead atoms. The molecule has 3 nitrogen and oxygen atoms in total. The number of ether oxygens (including phenoxy) is 2. The van der Waals surface area contributed by atoms with Crippen molar-refractivity contribution in [2.75, 3.05) is 13.7 Å². The van der Waals surface area contributed by atoms with Crippen molar-refractivity contribution < 1.29 is 14.3 Å². The standard InChI is InChI=1S/C14H16O3/c1-3-17-14(15)8-11-5-4-10-6-7-12(16-2)9-13(10)11/h6-9H,3-5H2,1-2H3/b11-8-. The molecular formula is C14H16O3. The number of hydrogen-bond donors (Lipinski definition) is 0. The summed E-state index contributed by atoms with van der Waals surface area (Å²) < 4.78 is 10.1. The molecule has 0 unspecified atom stereocenters. The third kappa shape index (κ3) is 2.49. The largest absolute Gasteiger partial charge is 0.497 e. The first kappa shape index (κ1) is 11.7. The lowest BCUT2D eigenvalue weighted by Gasteiger charge is -2.05. The average Bonchev–Trinajstić information content (AvgIpc) is 2.72. The molecule has 0 spiro atoms. The van der Waals surface area contributed by atoms with Gasteiger partial charge >= 0.3 is 5.97 Å². The van der Waals surface area contributed by atoms with Crippen LogP contribution < -0.4 is 4.74 Å². The molecule has 0 heterocycles. The lowest BCUT2D eigenvalue weighted by Crippen LogP contribution is -2.00. The zero-order chi connectivity index (χ0) is 12.3. The molecule has 0 saturated heterocycles. The molecular weight excluding hydrogens is 216 g/mol. The maximum atomic E-state index is 11.4. The second kappa shape index (κ2) is 5.04. The second-order valence-corrected chi connectivity index (χ2v) is 3.94. The highest BCUT2D eigenvalue weighted by molar-refractivity contribution is 5.93. The number of aryl methyl sites for hydroxylation is 1. The van der Waals surface area contributed by atoms with Crippen LogP contribution in [0.4, 0.5) is 0 Å². The summed E-state index contributed by atoms with van der Waals surface area (Å²) in [7, 11) is 1.64. The molecule has 0 fully saturated rings. The number of rotatable bonds is 3. The van der Waals surface area contributed by atoms with Gasteiger partial charge in [0.05, 0.1) is 13.7 Å². The molecule has 0 amide bonds. The van der Waals surface area contributed by atoms with Crippen LogP contribution in [0, 0.1) is 0 Å². The van der Waals surface area contributed by atoms with Gasteiger partial charge in [-0.15, -0.1) is 0 Å². The van der Waals surface area contributed by atoms with Crippen LogP contribution in [-0.4, -0.2) is 19.7 Å². The lowest BCUT2D eigenvalue weighted by atomic mass is 10.1. The van der Waals surface area contributed by atoms with E-state index in [4.69, 9.17) is 9.47 Å². The lowest BCUT2D eigenvalue weighted by molar-refractivity contribution is -0.137.